The number of fused-ring (bicyclic) bond motifs is 1. The number of aliphatic hydroxyl groups is 1. The second-order valence-electron chi connectivity index (χ2n) is 5.50. The largest absolute Gasteiger partial charge is 0.390 e. The Labute approximate surface area is 112 Å². The van der Waals surface area contributed by atoms with E-state index in [4.69, 9.17) is 5.73 Å². The molecule has 0 bridgehead atoms. The highest BCUT2D eigenvalue weighted by atomic mass is 16.3. The van der Waals surface area contributed by atoms with Gasteiger partial charge < -0.3 is 20.1 Å². The fourth-order valence-electron chi connectivity index (χ4n) is 2.68. The van der Waals surface area contributed by atoms with Gasteiger partial charge in [0.1, 0.15) is 5.65 Å². The number of pyridine rings is 1. The molecule has 0 amide bonds. The summed E-state index contributed by atoms with van der Waals surface area (Å²) in [5, 5.41) is 10.0. The van der Waals surface area contributed by atoms with Gasteiger partial charge in [0.25, 0.3) is 0 Å². The Bertz CT molecular complexity index is 580. The van der Waals surface area contributed by atoms with Crippen LogP contribution in [0.2, 0.25) is 0 Å². The number of anilines is 1. The fraction of sp³-hybridized carbons (Fsp3) is 0.500. The van der Waals surface area contributed by atoms with Crippen LogP contribution < -0.4 is 10.6 Å². The van der Waals surface area contributed by atoms with E-state index in [-0.39, 0.29) is 0 Å². The smallest absolute Gasteiger partial charge is 0.152 e. The normalized spacial score (nSPS) is 19.0. The summed E-state index contributed by atoms with van der Waals surface area (Å²) in [6.45, 7) is 4.01. The zero-order valence-electron chi connectivity index (χ0n) is 11.2. The van der Waals surface area contributed by atoms with Crippen LogP contribution in [0.5, 0.6) is 0 Å². The van der Waals surface area contributed by atoms with E-state index >= 15 is 0 Å². The predicted octanol–water partition coefficient (Wildman–Crippen LogP) is 1.14. The molecule has 0 saturated carbocycles. The third kappa shape index (κ3) is 2.19. The van der Waals surface area contributed by atoms with Crippen LogP contribution in [0.3, 0.4) is 0 Å². The lowest BCUT2D eigenvalue weighted by Crippen LogP contribution is -2.43. The molecule has 1 saturated heterocycles. The van der Waals surface area contributed by atoms with Crippen LogP contribution in [0, 0.1) is 0 Å². The number of rotatable bonds is 2. The van der Waals surface area contributed by atoms with Crippen molar-refractivity contribution in [3.05, 3.63) is 30.1 Å². The van der Waals surface area contributed by atoms with Gasteiger partial charge in [-0.15, -0.1) is 0 Å². The molecule has 3 N–H and O–H groups in total. The number of piperidine rings is 1. The van der Waals surface area contributed by atoms with E-state index in [2.05, 4.69) is 9.88 Å². The molecule has 0 unspecified atom stereocenters. The monoisotopic (exact) mass is 260 g/mol. The molecule has 0 spiro atoms. The first-order chi connectivity index (χ1) is 9.11. The first kappa shape index (κ1) is 12.4. The van der Waals surface area contributed by atoms with Crippen LogP contribution in [-0.4, -0.2) is 33.2 Å². The number of nitrogens with zero attached hydrogens (tertiary/aromatic N) is 3. The van der Waals surface area contributed by atoms with Crippen LogP contribution in [0.15, 0.2) is 24.4 Å². The Kier molecular flexibility index (Phi) is 2.95. The van der Waals surface area contributed by atoms with E-state index in [0.717, 1.165) is 43.1 Å². The first-order valence-electron chi connectivity index (χ1n) is 6.74. The molecule has 2 aromatic rings. The summed E-state index contributed by atoms with van der Waals surface area (Å²) < 4.78 is 2.04. The van der Waals surface area contributed by atoms with Crippen molar-refractivity contribution in [2.75, 3.05) is 18.0 Å². The highest BCUT2D eigenvalue weighted by molar-refractivity contribution is 5.56. The number of hydrogen-bond acceptors (Lipinski definition) is 4. The zero-order valence-corrected chi connectivity index (χ0v) is 11.2. The molecule has 19 heavy (non-hydrogen) atoms. The van der Waals surface area contributed by atoms with Crippen LogP contribution in [0.4, 0.5) is 5.82 Å². The van der Waals surface area contributed by atoms with Gasteiger partial charge in [0.05, 0.1) is 11.3 Å². The Balaban J connectivity index is 1.97. The molecule has 3 rings (SSSR count). The SMILES string of the molecule is CC1(O)CCN(c2nc3ccccn3c2CN)CC1. The molecule has 102 valence electrons. The molecule has 2 aromatic heterocycles. The quantitative estimate of drug-likeness (QED) is 0.850. The van der Waals surface area contributed by atoms with Crippen LogP contribution >= 0.6 is 0 Å². The summed E-state index contributed by atoms with van der Waals surface area (Å²) in [6.07, 6.45) is 3.53. The summed E-state index contributed by atoms with van der Waals surface area (Å²) in [6, 6.07) is 5.95. The molecule has 0 radical (unpaired) electrons. The third-order valence-corrected chi connectivity index (χ3v) is 3.94. The lowest BCUT2D eigenvalue weighted by Gasteiger charge is -2.36. The molecule has 0 aromatic carbocycles. The summed E-state index contributed by atoms with van der Waals surface area (Å²) in [5.41, 5.74) is 7.31. The highest BCUT2D eigenvalue weighted by Crippen LogP contribution is 2.28. The molecule has 5 heteroatoms. The van der Waals surface area contributed by atoms with Gasteiger partial charge in [0, 0.05) is 25.8 Å². The molecular formula is C14H20N4O. The molecular weight excluding hydrogens is 240 g/mol. The van der Waals surface area contributed by atoms with Crippen LogP contribution in [-0.2, 0) is 6.54 Å². The van der Waals surface area contributed by atoms with Crippen LogP contribution in [0.25, 0.3) is 5.65 Å². The molecule has 5 nitrogen and oxygen atoms in total. The Morgan fingerprint density at radius 3 is 2.79 bits per heavy atom. The Morgan fingerprint density at radius 1 is 1.37 bits per heavy atom. The molecule has 1 fully saturated rings. The van der Waals surface area contributed by atoms with Crippen molar-refractivity contribution < 1.29 is 5.11 Å². The van der Waals surface area contributed by atoms with Crippen molar-refractivity contribution in [2.45, 2.75) is 31.9 Å². The topological polar surface area (TPSA) is 66.8 Å². The molecule has 0 aliphatic carbocycles. The standard InChI is InChI=1S/C14H20N4O/c1-14(19)5-8-17(9-6-14)13-11(10-15)18-7-3-2-4-12(18)16-13/h2-4,7,19H,5-6,8-10,15H2,1H3. The zero-order chi connectivity index (χ0) is 13.5. The van der Waals surface area contributed by atoms with Gasteiger partial charge in [-0.3, -0.25) is 0 Å². The minimum absolute atomic E-state index is 0.466. The maximum absolute atomic E-state index is 10.0. The Hall–Kier alpha value is -1.59. The van der Waals surface area contributed by atoms with Crippen molar-refractivity contribution in [1.29, 1.82) is 0 Å². The lowest BCUT2D eigenvalue weighted by atomic mass is 9.94. The molecule has 1 aliphatic heterocycles. The third-order valence-electron chi connectivity index (χ3n) is 3.94. The number of aromatic nitrogens is 2. The predicted molar refractivity (Wildman–Crippen MR) is 75.2 cm³/mol. The maximum atomic E-state index is 10.0. The molecule has 3 heterocycles. The van der Waals surface area contributed by atoms with Crippen molar-refractivity contribution in [3.63, 3.8) is 0 Å². The van der Waals surface area contributed by atoms with Crippen LogP contribution in [0.1, 0.15) is 25.5 Å². The number of imidazole rings is 1. The van der Waals surface area contributed by atoms with Crippen molar-refractivity contribution in [3.8, 4) is 0 Å². The summed E-state index contributed by atoms with van der Waals surface area (Å²) in [7, 11) is 0. The van der Waals surface area contributed by atoms with Gasteiger partial charge in [-0.2, -0.15) is 0 Å². The van der Waals surface area contributed by atoms with E-state index < -0.39 is 5.60 Å². The number of hydrogen-bond donors (Lipinski definition) is 2. The average Bonchev–Trinajstić information content (AvgIpc) is 2.77. The van der Waals surface area contributed by atoms with Crippen molar-refractivity contribution in [1.82, 2.24) is 9.38 Å². The first-order valence-corrected chi connectivity index (χ1v) is 6.74. The summed E-state index contributed by atoms with van der Waals surface area (Å²) in [4.78, 5) is 6.91. The maximum Gasteiger partial charge on any atom is 0.152 e. The summed E-state index contributed by atoms with van der Waals surface area (Å²) in [5.74, 6) is 0.962. The average molecular weight is 260 g/mol. The van der Waals surface area contributed by atoms with Crippen molar-refractivity contribution >= 4 is 11.5 Å². The van der Waals surface area contributed by atoms with Gasteiger partial charge in [-0.1, -0.05) is 6.07 Å². The van der Waals surface area contributed by atoms with E-state index in [1.165, 1.54) is 0 Å². The molecule has 1 aliphatic rings. The lowest BCUT2D eigenvalue weighted by molar-refractivity contribution is 0.0350. The van der Waals surface area contributed by atoms with E-state index in [1.807, 2.05) is 35.7 Å². The van der Waals surface area contributed by atoms with E-state index in [0.29, 0.717) is 6.54 Å². The van der Waals surface area contributed by atoms with Crippen molar-refractivity contribution in [2.24, 2.45) is 5.73 Å². The van der Waals surface area contributed by atoms with E-state index in [9.17, 15) is 5.11 Å². The van der Waals surface area contributed by atoms with Gasteiger partial charge in [0.2, 0.25) is 0 Å². The second-order valence-corrected chi connectivity index (χ2v) is 5.50. The Morgan fingerprint density at radius 2 is 2.11 bits per heavy atom. The van der Waals surface area contributed by atoms with Gasteiger partial charge >= 0.3 is 0 Å². The highest BCUT2D eigenvalue weighted by Gasteiger charge is 2.29. The van der Waals surface area contributed by atoms with Gasteiger partial charge in [0.15, 0.2) is 5.82 Å². The van der Waals surface area contributed by atoms with Gasteiger partial charge in [-0.25, -0.2) is 4.98 Å². The minimum Gasteiger partial charge on any atom is -0.390 e. The molecule has 0 atom stereocenters. The van der Waals surface area contributed by atoms with E-state index in [1.54, 1.807) is 0 Å². The second kappa shape index (κ2) is 4.51. The number of nitrogens with two attached hydrogens (primary N) is 1. The van der Waals surface area contributed by atoms with Gasteiger partial charge in [-0.05, 0) is 31.9 Å². The summed E-state index contributed by atoms with van der Waals surface area (Å²) >= 11 is 0. The fourth-order valence-corrected chi connectivity index (χ4v) is 2.68. The minimum atomic E-state index is -0.543.